The van der Waals surface area contributed by atoms with Crippen molar-refractivity contribution in [2.45, 2.75) is 45.1 Å². The van der Waals surface area contributed by atoms with Gasteiger partial charge < -0.3 is 30.6 Å². The number of ether oxygens (including phenoxy) is 2. The van der Waals surface area contributed by atoms with Crippen molar-refractivity contribution in [1.29, 1.82) is 0 Å². The second-order valence-corrected chi connectivity index (χ2v) is 8.95. The molecule has 0 aliphatic heterocycles. The summed E-state index contributed by atoms with van der Waals surface area (Å²) in [6.07, 6.45) is 0.273. The summed E-state index contributed by atoms with van der Waals surface area (Å²) in [6.45, 7) is 3.84. The number of amides is 2. The Kier molecular flexibility index (Phi) is 8.68. The van der Waals surface area contributed by atoms with Crippen LogP contribution in [-0.2, 0) is 32.3 Å². The van der Waals surface area contributed by atoms with Crippen LogP contribution in [0.15, 0.2) is 35.7 Å². The number of hydrogen-bond acceptors (Lipinski definition) is 9. The molecule has 11 nitrogen and oxygen atoms in total. The summed E-state index contributed by atoms with van der Waals surface area (Å²) in [6, 6.07) is 9.00. The number of rotatable bonds is 12. The number of carbonyl (C=O) groups excluding carboxylic acids is 3. The van der Waals surface area contributed by atoms with E-state index in [0.29, 0.717) is 29.4 Å². The maximum atomic E-state index is 12.7. The van der Waals surface area contributed by atoms with Crippen molar-refractivity contribution in [3.8, 4) is 0 Å². The largest absolute Gasteiger partial charge is 0.443 e. The van der Waals surface area contributed by atoms with E-state index in [4.69, 9.17) is 15.2 Å². The molecule has 3 rings (SSSR count). The Morgan fingerprint density at radius 2 is 2.00 bits per heavy atom. The Bertz CT molecular complexity index is 1110. The molecule has 0 aliphatic carbocycles. The van der Waals surface area contributed by atoms with Gasteiger partial charge in [-0.25, -0.2) is 4.79 Å². The lowest BCUT2D eigenvalue weighted by atomic mass is 10.1. The van der Waals surface area contributed by atoms with Crippen LogP contribution in [0.25, 0.3) is 4.96 Å². The topological polar surface area (TPSA) is 150 Å². The van der Waals surface area contributed by atoms with Gasteiger partial charge in [-0.1, -0.05) is 30.3 Å². The lowest BCUT2D eigenvalue weighted by Gasteiger charge is -2.23. The summed E-state index contributed by atoms with van der Waals surface area (Å²) in [7, 11) is 0. The number of nitrogens with zero attached hydrogens (tertiary/aromatic N) is 3. The van der Waals surface area contributed by atoms with Gasteiger partial charge in [-0.2, -0.15) is 0 Å². The molecule has 0 saturated heterocycles. The molecule has 0 saturated carbocycles. The van der Waals surface area contributed by atoms with Crippen LogP contribution in [0, 0.1) is 0 Å². The third kappa shape index (κ3) is 6.83. The first-order chi connectivity index (χ1) is 16.3. The van der Waals surface area contributed by atoms with Gasteiger partial charge in [-0.3, -0.25) is 9.20 Å². The fourth-order valence-corrected chi connectivity index (χ4v) is 3.76. The quantitative estimate of drug-likeness (QED) is 0.258. The first-order valence-electron chi connectivity index (χ1n) is 10.7. The Balaban J connectivity index is 1.77. The number of nitrogens with two attached hydrogens (primary N) is 1. The molecule has 0 bridgehead atoms. The first kappa shape index (κ1) is 25.3. The number of thiazole rings is 1. The van der Waals surface area contributed by atoms with E-state index >= 15 is 0 Å². The van der Waals surface area contributed by atoms with Crippen molar-refractivity contribution < 1.29 is 23.9 Å². The molecule has 182 valence electrons. The molecule has 2 heterocycles. The molecule has 12 heteroatoms. The fraction of sp³-hybridized carbons (Fsp3) is 0.409. The van der Waals surface area contributed by atoms with Crippen molar-refractivity contribution in [3.05, 3.63) is 52.8 Å². The highest BCUT2D eigenvalue weighted by Gasteiger charge is 2.29. The molecule has 1 unspecified atom stereocenters. The lowest BCUT2D eigenvalue weighted by molar-refractivity contribution is -0.126. The summed E-state index contributed by atoms with van der Waals surface area (Å²) in [4.78, 5) is 35.5. The van der Waals surface area contributed by atoms with Crippen molar-refractivity contribution in [2.75, 3.05) is 13.2 Å². The predicted octanol–water partition coefficient (Wildman–Crippen LogP) is 1.72. The van der Waals surface area contributed by atoms with Crippen LogP contribution in [0.5, 0.6) is 0 Å². The zero-order chi connectivity index (χ0) is 24.6. The van der Waals surface area contributed by atoms with E-state index in [-0.39, 0.29) is 32.1 Å². The molecule has 0 spiro atoms. The molecule has 1 atom stereocenters. The number of aldehydes is 1. The summed E-state index contributed by atoms with van der Waals surface area (Å²) >= 11 is 1.32. The van der Waals surface area contributed by atoms with Crippen molar-refractivity contribution in [3.63, 3.8) is 0 Å². The second kappa shape index (κ2) is 11.7. The number of fused-ring (bicyclic) bond motifs is 1. The highest BCUT2D eigenvalue weighted by atomic mass is 32.1. The molecule has 34 heavy (non-hydrogen) atoms. The predicted molar refractivity (Wildman–Crippen MR) is 125 cm³/mol. The minimum atomic E-state index is -1.11. The molecule has 2 aromatic heterocycles. The number of hydrogen-bond donors (Lipinski definition) is 3. The smallest absolute Gasteiger partial charge is 0.407 e. The Morgan fingerprint density at radius 1 is 1.24 bits per heavy atom. The van der Waals surface area contributed by atoms with Gasteiger partial charge in [-0.15, -0.1) is 21.5 Å². The first-order valence-corrected chi connectivity index (χ1v) is 11.5. The number of carbonyl (C=O) groups is 3. The van der Waals surface area contributed by atoms with E-state index < -0.39 is 17.7 Å². The van der Waals surface area contributed by atoms with Gasteiger partial charge >= 0.3 is 6.09 Å². The van der Waals surface area contributed by atoms with E-state index in [9.17, 15) is 14.4 Å². The SMILES string of the molecule is CC(C)(N)C(=O)NC(COCc1ccccc1)c1nnc2scc(COC(=O)NCCC=O)n12. The molecule has 1 aromatic carbocycles. The van der Waals surface area contributed by atoms with Gasteiger partial charge in [0.25, 0.3) is 0 Å². The van der Waals surface area contributed by atoms with Gasteiger partial charge in [0.15, 0.2) is 5.82 Å². The van der Waals surface area contributed by atoms with Crippen LogP contribution >= 0.6 is 11.3 Å². The molecule has 0 radical (unpaired) electrons. The lowest BCUT2D eigenvalue weighted by Crippen LogP contribution is -2.51. The highest BCUT2D eigenvalue weighted by Crippen LogP contribution is 2.22. The summed E-state index contributed by atoms with van der Waals surface area (Å²) in [5, 5.41) is 15.6. The maximum absolute atomic E-state index is 12.7. The van der Waals surface area contributed by atoms with E-state index in [1.807, 2.05) is 30.3 Å². The Morgan fingerprint density at radius 3 is 2.71 bits per heavy atom. The average Bonchev–Trinajstić information content (AvgIpc) is 3.40. The van der Waals surface area contributed by atoms with E-state index in [1.54, 1.807) is 23.6 Å². The van der Waals surface area contributed by atoms with Crippen LogP contribution in [0.2, 0.25) is 0 Å². The van der Waals surface area contributed by atoms with Crippen LogP contribution < -0.4 is 16.4 Å². The van der Waals surface area contributed by atoms with E-state index in [1.165, 1.54) is 11.3 Å². The third-order valence-electron chi connectivity index (χ3n) is 4.73. The molecular formula is C22H28N6O5S. The number of alkyl carbamates (subject to hydrolysis) is 1. The summed E-state index contributed by atoms with van der Waals surface area (Å²) < 4.78 is 12.9. The minimum absolute atomic E-state index is 0.0497. The molecule has 0 fully saturated rings. The summed E-state index contributed by atoms with van der Waals surface area (Å²) in [5.41, 5.74) is 6.48. The van der Waals surface area contributed by atoms with Crippen LogP contribution in [0.3, 0.4) is 0 Å². The van der Waals surface area contributed by atoms with Gasteiger partial charge in [0.05, 0.1) is 24.4 Å². The number of benzene rings is 1. The zero-order valence-electron chi connectivity index (χ0n) is 19.0. The Hall–Kier alpha value is -3.35. The number of nitrogens with one attached hydrogen (secondary N) is 2. The zero-order valence-corrected chi connectivity index (χ0v) is 19.8. The van der Waals surface area contributed by atoms with Gasteiger partial charge in [-0.05, 0) is 19.4 Å². The fourth-order valence-electron chi connectivity index (χ4n) is 2.94. The summed E-state index contributed by atoms with van der Waals surface area (Å²) in [5.74, 6) is 0.0574. The average molecular weight is 489 g/mol. The Labute approximate surface area is 200 Å². The van der Waals surface area contributed by atoms with Crippen molar-refractivity contribution >= 4 is 34.6 Å². The molecule has 0 aliphatic rings. The standard InChI is InChI=1S/C22H28N6O5S/c1-22(2,23)19(30)25-17(13-32-11-15-7-4-3-5-8-15)18-26-27-20-28(18)16(14-34-20)12-33-21(31)24-9-6-10-29/h3-5,7-8,10,14,17H,6,9,11-13,23H2,1-2H3,(H,24,31)(H,25,30). The maximum Gasteiger partial charge on any atom is 0.407 e. The van der Waals surface area contributed by atoms with Crippen LogP contribution in [0.1, 0.15) is 43.4 Å². The monoisotopic (exact) mass is 488 g/mol. The van der Waals surface area contributed by atoms with E-state index in [2.05, 4.69) is 20.8 Å². The van der Waals surface area contributed by atoms with Gasteiger partial charge in [0.1, 0.15) is 18.9 Å². The molecule has 2 amide bonds. The minimum Gasteiger partial charge on any atom is -0.443 e. The third-order valence-corrected chi connectivity index (χ3v) is 5.59. The van der Waals surface area contributed by atoms with E-state index in [0.717, 1.165) is 5.56 Å². The van der Waals surface area contributed by atoms with Gasteiger partial charge in [0, 0.05) is 18.3 Å². The second-order valence-electron chi connectivity index (χ2n) is 8.11. The van der Waals surface area contributed by atoms with Crippen LogP contribution in [-0.4, -0.2) is 51.6 Å². The highest BCUT2D eigenvalue weighted by molar-refractivity contribution is 7.15. The molecule has 4 N–H and O–H groups in total. The molecular weight excluding hydrogens is 460 g/mol. The van der Waals surface area contributed by atoms with Crippen LogP contribution in [0.4, 0.5) is 4.79 Å². The number of aromatic nitrogens is 3. The van der Waals surface area contributed by atoms with Gasteiger partial charge in [0.2, 0.25) is 10.9 Å². The molecule has 3 aromatic rings. The van der Waals surface area contributed by atoms with Crippen molar-refractivity contribution in [1.82, 2.24) is 25.2 Å². The van der Waals surface area contributed by atoms with Crippen molar-refractivity contribution in [2.24, 2.45) is 5.73 Å². The normalized spacial score (nSPS) is 12.3.